The minimum absolute atomic E-state index is 0.393. The molecule has 3 nitrogen and oxygen atoms in total. The molecule has 1 aromatic carbocycles. The summed E-state index contributed by atoms with van der Waals surface area (Å²) in [5.74, 6) is 1.74. The molecule has 0 aromatic heterocycles. The summed E-state index contributed by atoms with van der Waals surface area (Å²) in [6, 6.07) is 3.72. The highest BCUT2D eigenvalue weighted by atomic mass is 19.1. The maximum atomic E-state index is 14.3. The van der Waals surface area contributed by atoms with Crippen molar-refractivity contribution in [2.45, 2.75) is 38.3 Å². The summed E-state index contributed by atoms with van der Waals surface area (Å²) < 4.78 is 25.2. The van der Waals surface area contributed by atoms with Gasteiger partial charge in [0.2, 0.25) is 0 Å². The lowest BCUT2D eigenvalue weighted by Crippen LogP contribution is -2.28. The molecule has 2 rings (SSSR count). The van der Waals surface area contributed by atoms with Crippen molar-refractivity contribution < 1.29 is 13.9 Å². The first-order valence-electron chi connectivity index (χ1n) is 7.13. The molecular formula is C16H24FNO2. The summed E-state index contributed by atoms with van der Waals surface area (Å²) >= 11 is 0. The predicted molar refractivity (Wildman–Crippen MR) is 78.5 cm³/mol. The van der Waals surface area contributed by atoms with Gasteiger partial charge < -0.3 is 14.8 Å². The molecule has 4 heteroatoms. The highest BCUT2D eigenvalue weighted by Gasteiger charge is 2.28. The number of ether oxygens (including phenoxy) is 2. The van der Waals surface area contributed by atoms with Gasteiger partial charge in [0, 0.05) is 23.6 Å². The van der Waals surface area contributed by atoms with Crippen LogP contribution in [0.5, 0.6) is 11.5 Å². The first kappa shape index (κ1) is 15.1. The van der Waals surface area contributed by atoms with Gasteiger partial charge in [-0.1, -0.05) is 0 Å². The Kier molecular flexibility index (Phi) is 4.53. The van der Waals surface area contributed by atoms with Crippen molar-refractivity contribution in [1.82, 2.24) is 5.32 Å². The van der Waals surface area contributed by atoms with E-state index in [1.807, 2.05) is 6.07 Å². The lowest BCUT2D eigenvalue weighted by molar-refractivity contribution is 0.212. The Morgan fingerprint density at radius 2 is 1.90 bits per heavy atom. The average Bonchev–Trinajstić information content (AvgIpc) is 2.45. The second-order valence-electron chi connectivity index (χ2n) is 5.81. The van der Waals surface area contributed by atoms with Gasteiger partial charge in [0.25, 0.3) is 0 Å². The normalized spacial score (nSPS) is 19.8. The summed E-state index contributed by atoms with van der Waals surface area (Å²) in [4.78, 5) is 0. The fourth-order valence-electron chi connectivity index (χ4n) is 2.82. The molecule has 0 spiro atoms. The zero-order valence-corrected chi connectivity index (χ0v) is 12.8. The van der Waals surface area contributed by atoms with Gasteiger partial charge in [-0.15, -0.1) is 0 Å². The zero-order chi connectivity index (χ0) is 14.8. The van der Waals surface area contributed by atoms with Crippen LogP contribution < -0.4 is 14.8 Å². The molecule has 112 valence electrons. The molecule has 0 aliphatic carbocycles. The lowest BCUT2D eigenvalue weighted by Gasteiger charge is -2.27. The van der Waals surface area contributed by atoms with E-state index in [1.54, 1.807) is 20.3 Å². The van der Waals surface area contributed by atoms with Crippen LogP contribution in [0.25, 0.3) is 0 Å². The van der Waals surface area contributed by atoms with Crippen molar-refractivity contribution in [3.05, 3.63) is 23.3 Å². The number of piperidine rings is 1. The van der Waals surface area contributed by atoms with Gasteiger partial charge in [-0.05, 0) is 45.4 Å². The summed E-state index contributed by atoms with van der Waals surface area (Å²) in [7, 11) is 3.22. The van der Waals surface area contributed by atoms with Gasteiger partial charge >= 0.3 is 0 Å². The van der Waals surface area contributed by atoms with E-state index in [0.717, 1.165) is 37.2 Å². The summed E-state index contributed by atoms with van der Waals surface area (Å²) in [6.45, 7) is 5.06. The van der Waals surface area contributed by atoms with Crippen molar-refractivity contribution in [2.24, 2.45) is 0 Å². The summed E-state index contributed by atoms with van der Waals surface area (Å²) in [5.41, 5.74) is 0.177. The molecular weight excluding hydrogens is 257 g/mol. The van der Waals surface area contributed by atoms with E-state index < -0.39 is 5.67 Å². The second-order valence-corrected chi connectivity index (χ2v) is 5.81. The molecule has 0 bridgehead atoms. The van der Waals surface area contributed by atoms with Crippen molar-refractivity contribution in [3.8, 4) is 11.5 Å². The third-order valence-electron chi connectivity index (χ3n) is 3.93. The van der Waals surface area contributed by atoms with E-state index in [2.05, 4.69) is 5.32 Å². The van der Waals surface area contributed by atoms with Crippen LogP contribution >= 0.6 is 0 Å². The second kappa shape index (κ2) is 6.00. The molecule has 1 aliphatic rings. The maximum Gasteiger partial charge on any atom is 0.134 e. The van der Waals surface area contributed by atoms with Crippen LogP contribution in [-0.4, -0.2) is 27.3 Å². The van der Waals surface area contributed by atoms with Crippen LogP contribution in [0.4, 0.5) is 4.39 Å². The van der Waals surface area contributed by atoms with Crippen molar-refractivity contribution in [1.29, 1.82) is 0 Å². The minimum Gasteiger partial charge on any atom is -0.496 e. The van der Waals surface area contributed by atoms with Crippen LogP contribution in [0, 0.1) is 0 Å². The Morgan fingerprint density at radius 1 is 1.20 bits per heavy atom. The van der Waals surface area contributed by atoms with E-state index >= 15 is 0 Å². The number of benzene rings is 1. The van der Waals surface area contributed by atoms with Crippen molar-refractivity contribution in [2.75, 3.05) is 27.3 Å². The zero-order valence-electron chi connectivity index (χ0n) is 12.8. The molecule has 1 heterocycles. The van der Waals surface area contributed by atoms with Gasteiger partial charge in [-0.3, -0.25) is 0 Å². The molecule has 20 heavy (non-hydrogen) atoms. The van der Waals surface area contributed by atoms with Gasteiger partial charge in [0.05, 0.1) is 14.2 Å². The number of halogens is 1. The average molecular weight is 281 g/mol. The first-order valence-corrected chi connectivity index (χ1v) is 7.13. The molecule has 1 aromatic rings. The highest BCUT2D eigenvalue weighted by molar-refractivity contribution is 5.50. The SMILES string of the molecule is COc1cc(C(C)(C)F)c(OC)cc1C1CCCNC1. The van der Waals surface area contributed by atoms with Crippen LogP contribution in [0.15, 0.2) is 12.1 Å². The number of nitrogens with one attached hydrogen (secondary N) is 1. The number of hydrogen-bond donors (Lipinski definition) is 1. The van der Waals surface area contributed by atoms with E-state index in [1.165, 1.54) is 13.8 Å². The van der Waals surface area contributed by atoms with Crippen LogP contribution in [0.1, 0.15) is 43.7 Å². The van der Waals surface area contributed by atoms with Crippen molar-refractivity contribution >= 4 is 0 Å². The number of alkyl halides is 1. The molecule has 1 aliphatic heterocycles. The Balaban J connectivity index is 2.46. The first-order chi connectivity index (χ1) is 9.47. The minimum atomic E-state index is -1.46. The number of rotatable bonds is 4. The van der Waals surface area contributed by atoms with Gasteiger partial charge in [-0.2, -0.15) is 0 Å². The number of methoxy groups -OCH3 is 2. The fraction of sp³-hybridized carbons (Fsp3) is 0.625. The van der Waals surface area contributed by atoms with Gasteiger partial charge in [-0.25, -0.2) is 4.39 Å². The van der Waals surface area contributed by atoms with E-state index in [-0.39, 0.29) is 0 Å². The van der Waals surface area contributed by atoms with Gasteiger partial charge in [0.15, 0.2) is 0 Å². The molecule has 1 unspecified atom stereocenters. The molecule has 0 saturated carbocycles. The summed E-state index contributed by atoms with van der Waals surface area (Å²) in [6.07, 6.45) is 2.26. The Morgan fingerprint density at radius 3 is 2.40 bits per heavy atom. The van der Waals surface area contributed by atoms with E-state index in [9.17, 15) is 4.39 Å². The van der Waals surface area contributed by atoms with Crippen LogP contribution in [-0.2, 0) is 5.67 Å². The fourth-order valence-corrected chi connectivity index (χ4v) is 2.82. The topological polar surface area (TPSA) is 30.5 Å². The largest absolute Gasteiger partial charge is 0.496 e. The summed E-state index contributed by atoms with van der Waals surface area (Å²) in [5, 5.41) is 3.40. The van der Waals surface area contributed by atoms with Crippen LogP contribution in [0.2, 0.25) is 0 Å². The predicted octanol–water partition coefficient (Wildman–Crippen LogP) is 3.38. The highest BCUT2D eigenvalue weighted by Crippen LogP contribution is 2.41. The third kappa shape index (κ3) is 3.06. The third-order valence-corrected chi connectivity index (χ3v) is 3.93. The molecule has 1 saturated heterocycles. The Labute approximate surface area is 120 Å². The maximum absolute atomic E-state index is 14.3. The molecule has 0 radical (unpaired) electrons. The number of hydrogen-bond acceptors (Lipinski definition) is 3. The quantitative estimate of drug-likeness (QED) is 0.918. The molecule has 0 amide bonds. The van der Waals surface area contributed by atoms with E-state index in [4.69, 9.17) is 9.47 Å². The molecule has 1 N–H and O–H groups in total. The molecule has 1 atom stereocenters. The van der Waals surface area contributed by atoms with Crippen molar-refractivity contribution in [3.63, 3.8) is 0 Å². The van der Waals surface area contributed by atoms with E-state index in [0.29, 0.717) is 17.2 Å². The standard InChI is InChI=1S/C16H24FNO2/c1-16(2,17)13-9-14(19-3)12(8-15(13)20-4)11-6-5-7-18-10-11/h8-9,11,18H,5-7,10H2,1-4H3. The monoisotopic (exact) mass is 281 g/mol. The Bertz CT molecular complexity index is 462. The molecule has 1 fully saturated rings. The van der Waals surface area contributed by atoms with Gasteiger partial charge in [0.1, 0.15) is 17.2 Å². The Hall–Kier alpha value is -1.29. The smallest absolute Gasteiger partial charge is 0.134 e. The lowest BCUT2D eigenvalue weighted by atomic mass is 9.88. The van der Waals surface area contributed by atoms with Crippen LogP contribution in [0.3, 0.4) is 0 Å².